The Morgan fingerprint density at radius 1 is 1.18 bits per heavy atom. The van der Waals surface area contributed by atoms with E-state index in [1.54, 1.807) is 37.3 Å². The summed E-state index contributed by atoms with van der Waals surface area (Å²) in [6.07, 6.45) is 0. The highest BCUT2D eigenvalue weighted by molar-refractivity contribution is 7.17. The van der Waals surface area contributed by atoms with Gasteiger partial charge in [-0.25, -0.2) is 9.78 Å². The van der Waals surface area contributed by atoms with Crippen molar-refractivity contribution in [2.24, 2.45) is 0 Å². The van der Waals surface area contributed by atoms with E-state index in [9.17, 15) is 9.59 Å². The van der Waals surface area contributed by atoms with E-state index in [1.807, 2.05) is 18.2 Å². The second-order valence-electron chi connectivity index (χ2n) is 5.79. The van der Waals surface area contributed by atoms with E-state index in [2.05, 4.69) is 15.0 Å². The molecule has 1 N–H and O–H groups in total. The molecule has 2 aromatic carbocycles. The van der Waals surface area contributed by atoms with E-state index in [0.29, 0.717) is 27.0 Å². The molecule has 28 heavy (non-hydrogen) atoms. The van der Waals surface area contributed by atoms with Crippen LogP contribution in [-0.4, -0.2) is 30.6 Å². The van der Waals surface area contributed by atoms with Crippen LogP contribution in [0.4, 0.5) is 5.69 Å². The molecule has 0 aliphatic rings. The lowest BCUT2D eigenvalue weighted by atomic mass is 10.2. The molecule has 0 radical (unpaired) electrons. The number of carbonyl (C=O) groups excluding carboxylic acids is 2. The quantitative estimate of drug-likeness (QED) is 0.595. The number of carbonyl (C=O) groups is 2. The molecule has 0 atom stereocenters. The van der Waals surface area contributed by atoms with Gasteiger partial charge < -0.3 is 14.8 Å². The summed E-state index contributed by atoms with van der Waals surface area (Å²) >= 11 is 7.34. The van der Waals surface area contributed by atoms with Crippen molar-refractivity contribution in [3.8, 4) is 16.3 Å². The van der Waals surface area contributed by atoms with Crippen LogP contribution in [0.3, 0.4) is 0 Å². The molecule has 0 unspecified atom stereocenters. The van der Waals surface area contributed by atoms with Crippen LogP contribution in [0.5, 0.6) is 5.75 Å². The van der Waals surface area contributed by atoms with Crippen molar-refractivity contribution in [2.75, 3.05) is 19.0 Å². The number of benzene rings is 2. The van der Waals surface area contributed by atoms with Crippen molar-refractivity contribution in [1.29, 1.82) is 0 Å². The predicted molar refractivity (Wildman–Crippen MR) is 109 cm³/mol. The number of halogens is 1. The Morgan fingerprint density at radius 3 is 2.61 bits per heavy atom. The lowest BCUT2D eigenvalue weighted by Crippen LogP contribution is -2.13. The van der Waals surface area contributed by atoms with Gasteiger partial charge in [0.1, 0.15) is 15.6 Å². The summed E-state index contributed by atoms with van der Waals surface area (Å²) in [6.45, 7) is 1.62. The van der Waals surface area contributed by atoms with Gasteiger partial charge in [-0.2, -0.15) is 0 Å². The second kappa shape index (κ2) is 8.86. The van der Waals surface area contributed by atoms with Crippen LogP contribution >= 0.6 is 22.9 Å². The van der Waals surface area contributed by atoms with Crippen LogP contribution in [0, 0.1) is 6.92 Å². The molecule has 1 heterocycles. The lowest BCUT2D eigenvalue weighted by molar-refractivity contribution is -0.142. The third kappa shape index (κ3) is 4.88. The molecule has 6 nitrogen and oxygen atoms in total. The molecule has 0 aliphatic heterocycles. The SMILES string of the molecule is COC(=O)COc1ccc(NC(=O)c2sc(-c3cccc(Cl)c3)nc2C)cc1. The molecule has 8 heteroatoms. The van der Waals surface area contributed by atoms with Gasteiger partial charge in [-0.15, -0.1) is 11.3 Å². The Morgan fingerprint density at radius 2 is 1.93 bits per heavy atom. The monoisotopic (exact) mass is 416 g/mol. The Kier molecular flexibility index (Phi) is 6.28. The summed E-state index contributed by atoms with van der Waals surface area (Å²) in [5, 5.41) is 4.19. The Labute approximate surface area is 171 Å². The predicted octanol–water partition coefficient (Wildman–Crippen LogP) is 4.58. The summed E-state index contributed by atoms with van der Waals surface area (Å²) in [6, 6.07) is 14.1. The number of aryl methyl sites for hydroxylation is 1. The fraction of sp³-hybridized carbons (Fsp3) is 0.150. The third-order valence-corrected chi connectivity index (χ3v) is 5.21. The van der Waals surface area contributed by atoms with E-state index >= 15 is 0 Å². The van der Waals surface area contributed by atoms with E-state index in [1.165, 1.54) is 18.4 Å². The van der Waals surface area contributed by atoms with Gasteiger partial charge in [-0.3, -0.25) is 4.79 Å². The number of nitrogens with zero attached hydrogens (tertiary/aromatic N) is 1. The maximum Gasteiger partial charge on any atom is 0.343 e. The van der Waals surface area contributed by atoms with Crippen LogP contribution in [0.2, 0.25) is 5.02 Å². The number of ether oxygens (including phenoxy) is 2. The van der Waals surface area contributed by atoms with Crippen LogP contribution in [0.1, 0.15) is 15.4 Å². The molecular weight excluding hydrogens is 400 g/mol. The summed E-state index contributed by atoms with van der Waals surface area (Å²) in [7, 11) is 1.30. The van der Waals surface area contributed by atoms with Crippen molar-refractivity contribution >= 4 is 40.5 Å². The molecule has 0 bridgehead atoms. The number of nitrogens with one attached hydrogen (secondary N) is 1. The minimum atomic E-state index is -0.464. The fourth-order valence-corrected chi connectivity index (χ4v) is 3.52. The zero-order valence-electron chi connectivity index (χ0n) is 15.2. The summed E-state index contributed by atoms with van der Waals surface area (Å²) < 4.78 is 9.79. The first kappa shape index (κ1) is 19.9. The van der Waals surface area contributed by atoms with Gasteiger partial charge in [-0.1, -0.05) is 23.7 Å². The van der Waals surface area contributed by atoms with Crippen LogP contribution in [0.15, 0.2) is 48.5 Å². The van der Waals surface area contributed by atoms with Crippen molar-refractivity contribution < 1.29 is 19.1 Å². The highest BCUT2D eigenvalue weighted by Gasteiger charge is 2.16. The highest BCUT2D eigenvalue weighted by atomic mass is 35.5. The van der Waals surface area contributed by atoms with E-state index < -0.39 is 5.97 Å². The minimum Gasteiger partial charge on any atom is -0.482 e. The highest BCUT2D eigenvalue weighted by Crippen LogP contribution is 2.30. The number of amides is 1. The molecule has 1 aromatic heterocycles. The molecule has 144 valence electrons. The molecule has 1 amide bonds. The van der Waals surface area contributed by atoms with E-state index in [-0.39, 0.29) is 12.5 Å². The number of methoxy groups -OCH3 is 1. The number of aromatic nitrogens is 1. The zero-order chi connectivity index (χ0) is 20.1. The average Bonchev–Trinajstić information content (AvgIpc) is 3.09. The molecule has 0 saturated heterocycles. The number of esters is 1. The largest absolute Gasteiger partial charge is 0.482 e. The van der Waals surface area contributed by atoms with Gasteiger partial charge in [0, 0.05) is 16.3 Å². The first-order valence-electron chi connectivity index (χ1n) is 8.30. The minimum absolute atomic E-state index is 0.172. The van der Waals surface area contributed by atoms with Gasteiger partial charge in [-0.05, 0) is 43.3 Å². The molecule has 0 aliphatic carbocycles. The van der Waals surface area contributed by atoms with Crippen LogP contribution in [0.25, 0.3) is 10.6 Å². The Bertz CT molecular complexity index is 1000. The van der Waals surface area contributed by atoms with Gasteiger partial charge in [0.05, 0.1) is 12.8 Å². The van der Waals surface area contributed by atoms with Crippen molar-refractivity contribution in [3.63, 3.8) is 0 Å². The van der Waals surface area contributed by atoms with E-state index in [0.717, 1.165) is 10.6 Å². The van der Waals surface area contributed by atoms with Gasteiger partial charge >= 0.3 is 5.97 Å². The normalized spacial score (nSPS) is 10.4. The van der Waals surface area contributed by atoms with Crippen LogP contribution < -0.4 is 10.1 Å². The number of anilines is 1. The molecule has 3 rings (SSSR count). The summed E-state index contributed by atoms with van der Waals surface area (Å²) in [5.74, 6) is -0.208. The van der Waals surface area contributed by atoms with Crippen molar-refractivity contribution in [2.45, 2.75) is 6.92 Å². The average molecular weight is 417 g/mol. The van der Waals surface area contributed by atoms with Crippen molar-refractivity contribution in [1.82, 2.24) is 4.98 Å². The number of hydrogen-bond acceptors (Lipinski definition) is 6. The van der Waals surface area contributed by atoms with Gasteiger partial charge in [0.2, 0.25) is 0 Å². The van der Waals surface area contributed by atoms with Gasteiger partial charge in [0.25, 0.3) is 5.91 Å². The van der Waals surface area contributed by atoms with Crippen molar-refractivity contribution in [3.05, 3.63) is 64.1 Å². The molecule has 0 saturated carbocycles. The maximum absolute atomic E-state index is 12.6. The standard InChI is InChI=1S/C20H17ClN2O4S/c1-12-18(28-20(22-12)13-4-3-5-14(21)10-13)19(25)23-15-6-8-16(9-7-15)27-11-17(24)26-2/h3-10H,11H2,1-2H3,(H,23,25). The number of thiazole rings is 1. The Balaban J connectivity index is 1.69. The first-order chi connectivity index (χ1) is 13.5. The second-order valence-corrected chi connectivity index (χ2v) is 7.22. The topological polar surface area (TPSA) is 77.5 Å². The Hall–Kier alpha value is -2.90. The van der Waals surface area contributed by atoms with E-state index in [4.69, 9.17) is 16.3 Å². The van der Waals surface area contributed by atoms with Gasteiger partial charge in [0.15, 0.2) is 6.61 Å². The molecule has 3 aromatic rings. The summed E-state index contributed by atoms with van der Waals surface area (Å²) in [5.41, 5.74) is 2.12. The molecular formula is C20H17ClN2O4S. The summed E-state index contributed by atoms with van der Waals surface area (Å²) in [4.78, 5) is 28.7. The third-order valence-electron chi connectivity index (χ3n) is 3.77. The fourth-order valence-electron chi connectivity index (χ4n) is 2.38. The molecule has 0 fully saturated rings. The number of hydrogen-bond donors (Lipinski definition) is 1. The smallest absolute Gasteiger partial charge is 0.343 e. The zero-order valence-corrected chi connectivity index (χ0v) is 16.8. The van der Waals surface area contributed by atoms with Crippen LogP contribution in [-0.2, 0) is 9.53 Å². The lowest BCUT2D eigenvalue weighted by Gasteiger charge is -2.07. The molecule has 0 spiro atoms. The first-order valence-corrected chi connectivity index (χ1v) is 9.50. The number of rotatable bonds is 6. The maximum atomic E-state index is 12.6.